The van der Waals surface area contributed by atoms with Gasteiger partial charge in [-0.25, -0.2) is 0 Å². The van der Waals surface area contributed by atoms with Crippen LogP contribution in [0.2, 0.25) is 0 Å². The highest BCUT2D eigenvalue weighted by Gasteiger charge is 2.07. The van der Waals surface area contributed by atoms with E-state index >= 15 is 0 Å². The maximum atomic E-state index is 10.9. The normalized spacial score (nSPS) is 9.55. The van der Waals surface area contributed by atoms with E-state index in [0.29, 0.717) is 0 Å². The van der Waals surface area contributed by atoms with E-state index < -0.39 is 5.91 Å². The van der Waals surface area contributed by atoms with Crippen LogP contribution in [0.25, 0.3) is 0 Å². The molecule has 3 nitrogen and oxygen atoms in total. The molecule has 2 N–H and O–H groups in total. The van der Waals surface area contributed by atoms with Gasteiger partial charge in [0.15, 0.2) is 5.75 Å². The summed E-state index contributed by atoms with van der Waals surface area (Å²) in [5.74, 6) is -0.984. The van der Waals surface area contributed by atoms with Crippen LogP contribution in [0.3, 0.4) is 0 Å². The molecule has 1 rings (SSSR count). The van der Waals surface area contributed by atoms with Crippen molar-refractivity contribution >= 4 is 5.91 Å². The molecule has 0 bridgehead atoms. The molecular formula is C8H8NO2. The molecule has 0 aliphatic heterocycles. The summed E-state index contributed by atoms with van der Waals surface area (Å²) in [4.78, 5) is 10.6. The van der Waals surface area contributed by atoms with Crippen molar-refractivity contribution < 1.29 is 9.90 Å². The number of aryl methyl sites for hydroxylation is 1. The number of primary amides is 1. The van der Waals surface area contributed by atoms with Gasteiger partial charge in [-0.05, 0) is 19.1 Å². The standard InChI is InChI=1S/C8H8NO2/c1-5-2-3-7(10)6(4-5)8(9)11/h2-4H,1H3,(H2,9,11). The summed E-state index contributed by atoms with van der Waals surface area (Å²) in [6.07, 6.45) is 0. The molecule has 0 aromatic heterocycles. The van der Waals surface area contributed by atoms with E-state index in [4.69, 9.17) is 5.73 Å². The maximum Gasteiger partial charge on any atom is 0.252 e. The fourth-order valence-electron chi connectivity index (χ4n) is 0.836. The first-order chi connectivity index (χ1) is 5.11. The topological polar surface area (TPSA) is 63.0 Å². The summed E-state index contributed by atoms with van der Waals surface area (Å²) in [6.45, 7) is 1.80. The van der Waals surface area contributed by atoms with E-state index in [1.54, 1.807) is 13.0 Å². The minimum Gasteiger partial charge on any atom is -0.365 e. The van der Waals surface area contributed by atoms with Crippen LogP contribution in [0.5, 0.6) is 5.75 Å². The van der Waals surface area contributed by atoms with Gasteiger partial charge in [0.2, 0.25) is 0 Å². The second-order valence-corrected chi connectivity index (χ2v) is 2.36. The third kappa shape index (κ3) is 1.49. The number of carbonyl (C=O) groups excluding carboxylic acids is 1. The van der Waals surface area contributed by atoms with Crippen molar-refractivity contribution in [1.82, 2.24) is 0 Å². The fourth-order valence-corrected chi connectivity index (χ4v) is 0.836. The average molecular weight is 150 g/mol. The van der Waals surface area contributed by atoms with Crippen LogP contribution in [-0.4, -0.2) is 5.91 Å². The van der Waals surface area contributed by atoms with Crippen molar-refractivity contribution in [2.45, 2.75) is 6.92 Å². The quantitative estimate of drug-likeness (QED) is 0.643. The Bertz CT molecular complexity index is 294. The van der Waals surface area contributed by atoms with Crippen molar-refractivity contribution in [2.75, 3.05) is 0 Å². The predicted molar refractivity (Wildman–Crippen MR) is 39.8 cm³/mol. The Balaban J connectivity index is 3.23. The minimum absolute atomic E-state index is 0.0602. The summed E-state index contributed by atoms with van der Waals surface area (Å²) in [6, 6.07) is 4.48. The molecule has 0 saturated carbocycles. The largest absolute Gasteiger partial charge is 0.365 e. The van der Waals surface area contributed by atoms with Gasteiger partial charge < -0.3 is 5.73 Å². The molecule has 0 heterocycles. The van der Waals surface area contributed by atoms with E-state index in [-0.39, 0.29) is 11.3 Å². The van der Waals surface area contributed by atoms with Gasteiger partial charge in [-0.3, -0.25) is 9.90 Å². The fraction of sp³-hybridized carbons (Fsp3) is 0.125. The number of amides is 1. The lowest BCUT2D eigenvalue weighted by molar-refractivity contribution is 0.0996. The van der Waals surface area contributed by atoms with E-state index in [1.807, 2.05) is 0 Å². The molecule has 1 amide bonds. The van der Waals surface area contributed by atoms with Gasteiger partial charge in [0, 0.05) is 0 Å². The average Bonchev–Trinajstić information content (AvgIpc) is 1.94. The third-order valence-electron chi connectivity index (χ3n) is 1.40. The highest BCUT2D eigenvalue weighted by molar-refractivity contribution is 5.95. The first kappa shape index (κ1) is 7.60. The molecule has 0 aliphatic carbocycles. The number of rotatable bonds is 1. The predicted octanol–water partition coefficient (Wildman–Crippen LogP) is 1.24. The molecule has 0 aliphatic rings. The van der Waals surface area contributed by atoms with Crippen molar-refractivity contribution in [2.24, 2.45) is 5.73 Å². The maximum absolute atomic E-state index is 10.9. The van der Waals surface area contributed by atoms with Gasteiger partial charge in [-0.2, -0.15) is 0 Å². The van der Waals surface area contributed by atoms with Crippen LogP contribution in [0.1, 0.15) is 15.9 Å². The lowest BCUT2D eigenvalue weighted by atomic mass is 10.1. The van der Waals surface area contributed by atoms with E-state index in [1.165, 1.54) is 12.1 Å². The van der Waals surface area contributed by atoms with Crippen molar-refractivity contribution in [3.05, 3.63) is 29.3 Å². The smallest absolute Gasteiger partial charge is 0.252 e. The summed E-state index contributed by atoms with van der Waals surface area (Å²) in [7, 11) is 0. The van der Waals surface area contributed by atoms with Crippen molar-refractivity contribution in [1.29, 1.82) is 0 Å². The molecule has 1 aromatic rings. The molecule has 1 radical (unpaired) electrons. The SMILES string of the molecule is Cc1ccc([O])c(C(N)=O)c1. The van der Waals surface area contributed by atoms with Crippen LogP contribution >= 0.6 is 0 Å². The molecule has 0 fully saturated rings. The van der Waals surface area contributed by atoms with Gasteiger partial charge in [0.25, 0.3) is 5.91 Å². The Hall–Kier alpha value is -1.51. The van der Waals surface area contributed by atoms with Crippen LogP contribution < -0.4 is 5.73 Å². The Kier molecular flexibility index (Phi) is 1.81. The molecule has 57 valence electrons. The van der Waals surface area contributed by atoms with Crippen LogP contribution in [0.15, 0.2) is 18.2 Å². The van der Waals surface area contributed by atoms with Crippen molar-refractivity contribution in [3.8, 4) is 5.75 Å². The first-order valence-corrected chi connectivity index (χ1v) is 3.18. The molecule has 1 aromatic carbocycles. The number of benzene rings is 1. The van der Waals surface area contributed by atoms with Crippen LogP contribution in [-0.2, 0) is 5.11 Å². The van der Waals surface area contributed by atoms with E-state index in [9.17, 15) is 9.90 Å². The Morgan fingerprint density at radius 3 is 2.55 bits per heavy atom. The summed E-state index contributed by atoms with van der Waals surface area (Å²) in [5.41, 5.74) is 5.86. The number of hydrogen-bond donors (Lipinski definition) is 1. The highest BCUT2D eigenvalue weighted by atomic mass is 16.3. The second-order valence-electron chi connectivity index (χ2n) is 2.36. The molecule has 0 unspecified atom stereocenters. The molecule has 0 spiro atoms. The van der Waals surface area contributed by atoms with Gasteiger partial charge in [-0.1, -0.05) is 11.6 Å². The van der Waals surface area contributed by atoms with E-state index in [0.717, 1.165) is 5.56 Å². The Morgan fingerprint density at radius 1 is 1.45 bits per heavy atom. The van der Waals surface area contributed by atoms with Crippen molar-refractivity contribution in [3.63, 3.8) is 0 Å². The molecule has 3 heteroatoms. The zero-order valence-electron chi connectivity index (χ0n) is 6.13. The van der Waals surface area contributed by atoms with Crippen LogP contribution in [0, 0.1) is 6.92 Å². The lowest BCUT2D eigenvalue weighted by Crippen LogP contribution is -2.10. The molecule has 11 heavy (non-hydrogen) atoms. The monoisotopic (exact) mass is 150 g/mol. The number of hydrogen-bond acceptors (Lipinski definition) is 1. The van der Waals surface area contributed by atoms with E-state index in [2.05, 4.69) is 0 Å². The zero-order chi connectivity index (χ0) is 8.43. The first-order valence-electron chi connectivity index (χ1n) is 3.18. The molecule has 0 atom stereocenters. The molecular weight excluding hydrogens is 142 g/mol. The Labute approximate surface area is 64.5 Å². The third-order valence-corrected chi connectivity index (χ3v) is 1.40. The second kappa shape index (κ2) is 2.62. The number of carbonyl (C=O) groups is 1. The summed E-state index contributed by atoms with van der Waals surface area (Å²) < 4.78 is 0. The number of nitrogens with two attached hydrogens (primary N) is 1. The van der Waals surface area contributed by atoms with Crippen LogP contribution in [0.4, 0.5) is 0 Å². The lowest BCUT2D eigenvalue weighted by Gasteiger charge is -1.97. The van der Waals surface area contributed by atoms with Gasteiger partial charge in [-0.15, -0.1) is 0 Å². The Morgan fingerprint density at radius 2 is 2.09 bits per heavy atom. The minimum atomic E-state index is -0.668. The van der Waals surface area contributed by atoms with Gasteiger partial charge >= 0.3 is 0 Å². The van der Waals surface area contributed by atoms with Gasteiger partial charge in [0.1, 0.15) is 0 Å². The van der Waals surface area contributed by atoms with Gasteiger partial charge in [0.05, 0.1) is 5.56 Å². The molecule has 0 saturated heterocycles. The summed E-state index contributed by atoms with van der Waals surface area (Å²) >= 11 is 0. The highest BCUT2D eigenvalue weighted by Crippen LogP contribution is 2.17. The summed E-state index contributed by atoms with van der Waals surface area (Å²) in [5, 5.41) is 10.9. The zero-order valence-corrected chi connectivity index (χ0v) is 6.13.